The number of carboxylic acid groups (broad SMARTS) is 1. The standard InChI is InChI=1S/C8H13F3O3S/c1-5(2-12)3-15-4-6(7(13)14)8(9,10)11/h5-6,12H,2-4H2,1H3,(H,13,14). The number of rotatable bonds is 6. The number of halogens is 3. The van der Waals surface area contributed by atoms with Gasteiger partial charge in [-0.05, 0) is 11.7 Å². The lowest BCUT2D eigenvalue weighted by molar-refractivity contribution is -0.188. The number of carbonyl (C=O) groups is 1. The van der Waals surface area contributed by atoms with Crippen LogP contribution in [-0.2, 0) is 4.79 Å². The van der Waals surface area contributed by atoms with Gasteiger partial charge in [-0.15, -0.1) is 0 Å². The van der Waals surface area contributed by atoms with Crippen molar-refractivity contribution in [2.75, 3.05) is 18.1 Å². The predicted octanol–water partition coefficient (Wildman–Crippen LogP) is 1.61. The van der Waals surface area contributed by atoms with Crippen LogP contribution in [0, 0.1) is 11.8 Å². The molecule has 0 radical (unpaired) electrons. The van der Waals surface area contributed by atoms with Gasteiger partial charge >= 0.3 is 12.1 Å². The molecule has 0 aliphatic carbocycles. The zero-order valence-electron chi connectivity index (χ0n) is 8.12. The number of hydrogen-bond donors (Lipinski definition) is 2. The maximum Gasteiger partial charge on any atom is 0.403 e. The summed E-state index contributed by atoms with van der Waals surface area (Å²) in [5.74, 6) is -4.50. The number of carboxylic acids is 1. The average Bonchev–Trinajstić information content (AvgIpc) is 2.09. The molecule has 0 bridgehead atoms. The Kier molecular flexibility index (Phi) is 6.04. The first-order valence-electron chi connectivity index (χ1n) is 4.27. The third-order valence-corrected chi connectivity index (χ3v) is 3.07. The van der Waals surface area contributed by atoms with Gasteiger partial charge in [0.05, 0.1) is 0 Å². The number of alkyl halides is 3. The van der Waals surface area contributed by atoms with E-state index in [0.717, 1.165) is 11.8 Å². The van der Waals surface area contributed by atoms with E-state index in [-0.39, 0.29) is 12.5 Å². The van der Waals surface area contributed by atoms with Gasteiger partial charge in [0.2, 0.25) is 0 Å². The zero-order chi connectivity index (χ0) is 12.1. The summed E-state index contributed by atoms with van der Waals surface area (Å²) < 4.78 is 36.4. The molecule has 0 aromatic carbocycles. The minimum absolute atomic E-state index is 0.114. The molecule has 0 amide bonds. The highest BCUT2D eigenvalue weighted by atomic mass is 32.2. The van der Waals surface area contributed by atoms with Crippen molar-refractivity contribution in [2.24, 2.45) is 11.8 Å². The van der Waals surface area contributed by atoms with Crippen molar-refractivity contribution in [3.05, 3.63) is 0 Å². The summed E-state index contributed by atoms with van der Waals surface area (Å²) in [6, 6.07) is 0. The van der Waals surface area contributed by atoms with Crippen molar-refractivity contribution in [2.45, 2.75) is 13.1 Å². The molecule has 2 unspecified atom stereocenters. The quantitative estimate of drug-likeness (QED) is 0.747. The molecular formula is C8H13F3O3S. The maximum atomic E-state index is 12.1. The molecular weight excluding hydrogens is 233 g/mol. The molecule has 0 saturated heterocycles. The largest absolute Gasteiger partial charge is 0.481 e. The molecule has 0 fully saturated rings. The van der Waals surface area contributed by atoms with Gasteiger partial charge in [0.1, 0.15) is 0 Å². The highest BCUT2D eigenvalue weighted by molar-refractivity contribution is 7.99. The van der Waals surface area contributed by atoms with E-state index in [2.05, 4.69) is 0 Å². The van der Waals surface area contributed by atoms with E-state index in [9.17, 15) is 18.0 Å². The normalized spacial score (nSPS) is 16.1. The second-order valence-electron chi connectivity index (χ2n) is 3.26. The van der Waals surface area contributed by atoms with Gasteiger partial charge in [-0.3, -0.25) is 4.79 Å². The third-order valence-electron chi connectivity index (χ3n) is 1.69. The van der Waals surface area contributed by atoms with Crippen LogP contribution in [0.5, 0.6) is 0 Å². The lowest BCUT2D eigenvalue weighted by atomic mass is 10.2. The molecule has 0 aliphatic rings. The Morgan fingerprint density at radius 1 is 1.40 bits per heavy atom. The molecule has 90 valence electrons. The van der Waals surface area contributed by atoms with Crippen molar-refractivity contribution < 1.29 is 28.2 Å². The molecule has 0 heterocycles. The summed E-state index contributed by atoms with van der Waals surface area (Å²) in [5.41, 5.74) is 0. The van der Waals surface area contributed by atoms with Crippen molar-refractivity contribution in [1.29, 1.82) is 0 Å². The van der Waals surface area contributed by atoms with E-state index in [1.165, 1.54) is 0 Å². The molecule has 2 N–H and O–H groups in total. The van der Waals surface area contributed by atoms with Gasteiger partial charge in [-0.1, -0.05) is 6.92 Å². The lowest BCUT2D eigenvalue weighted by Gasteiger charge is -2.16. The Morgan fingerprint density at radius 3 is 2.27 bits per heavy atom. The fraction of sp³-hybridized carbons (Fsp3) is 0.875. The Labute approximate surface area is 89.7 Å². The number of aliphatic hydroxyl groups excluding tert-OH is 1. The highest BCUT2D eigenvalue weighted by Crippen LogP contribution is 2.29. The summed E-state index contributed by atoms with van der Waals surface area (Å²) in [4.78, 5) is 10.3. The second-order valence-corrected chi connectivity index (χ2v) is 4.33. The van der Waals surface area contributed by atoms with E-state index < -0.39 is 23.8 Å². The summed E-state index contributed by atoms with van der Waals surface area (Å²) in [7, 11) is 0. The number of hydrogen-bond acceptors (Lipinski definition) is 3. The minimum atomic E-state index is -4.71. The Hall–Kier alpha value is -0.430. The molecule has 2 atom stereocenters. The van der Waals surface area contributed by atoms with Crippen LogP contribution in [-0.4, -0.2) is 40.5 Å². The molecule has 7 heteroatoms. The Balaban J connectivity index is 4.05. The average molecular weight is 246 g/mol. The molecule has 0 aliphatic heterocycles. The van der Waals surface area contributed by atoms with E-state index in [4.69, 9.17) is 10.2 Å². The van der Waals surface area contributed by atoms with Gasteiger partial charge in [-0.25, -0.2) is 0 Å². The van der Waals surface area contributed by atoms with Crippen molar-refractivity contribution in [3.8, 4) is 0 Å². The van der Waals surface area contributed by atoms with Crippen LogP contribution in [0.25, 0.3) is 0 Å². The van der Waals surface area contributed by atoms with E-state index in [0.29, 0.717) is 5.75 Å². The van der Waals surface area contributed by atoms with E-state index >= 15 is 0 Å². The van der Waals surface area contributed by atoms with Gasteiger partial charge in [0, 0.05) is 12.4 Å². The zero-order valence-corrected chi connectivity index (χ0v) is 8.94. The summed E-state index contributed by atoms with van der Waals surface area (Å²) in [5, 5.41) is 17.0. The Morgan fingerprint density at radius 2 is 1.93 bits per heavy atom. The number of thioether (sulfide) groups is 1. The van der Waals surface area contributed by atoms with Crippen LogP contribution in [0.3, 0.4) is 0 Å². The van der Waals surface area contributed by atoms with Gasteiger partial charge in [0.15, 0.2) is 5.92 Å². The van der Waals surface area contributed by atoms with Gasteiger partial charge in [-0.2, -0.15) is 24.9 Å². The fourth-order valence-electron chi connectivity index (χ4n) is 0.746. The van der Waals surface area contributed by atoms with E-state index in [1.54, 1.807) is 6.92 Å². The first-order chi connectivity index (χ1) is 6.79. The molecule has 0 spiro atoms. The third kappa shape index (κ3) is 5.88. The smallest absolute Gasteiger partial charge is 0.403 e. The molecule has 0 aromatic heterocycles. The topological polar surface area (TPSA) is 57.5 Å². The van der Waals surface area contributed by atoms with Gasteiger partial charge < -0.3 is 10.2 Å². The van der Waals surface area contributed by atoms with Gasteiger partial charge in [0.25, 0.3) is 0 Å². The highest BCUT2D eigenvalue weighted by Gasteiger charge is 2.44. The first-order valence-corrected chi connectivity index (χ1v) is 5.42. The number of aliphatic hydroxyl groups is 1. The fourth-order valence-corrected chi connectivity index (χ4v) is 1.96. The SMILES string of the molecule is CC(CO)CSCC(C(=O)O)C(F)(F)F. The van der Waals surface area contributed by atoms with Crippen LogP contribution in [0.1, 0.15) is 6.92 Å². The summed E-state index contributed by atoms with van der Waals surface area (Å²) >= 11 is 0.888. The lowest BCUT2D eigenvalue weighted by Crippen LogP contribution is -2.32. The number of aliphatic carboxylic acids is 1. The Bertz CT molecular complexity index is 208. The molecule has 15 heavy (non-hydrogen) atoms. The van der Waals surface area contributed by atoms with Crippen molar-refractivity contribution >= 4 is 17.7 Å². The molecule has 0 saturated carbocycles. The van der Waals surface area contributed by atoms with Crippen molar-refractivity contribution in [3.63, 3.8) is 0 Å². The maximum absolute atomic E-state index is 12.1. The molecule has 0 aromatic rings. The van der Waals surface area contributed by atoms with Crippen LogP contribution >= 0.6 is 11.8 Å². The van der Waals surface area contributed by atoms with Crippen LogP contribution in [0.15, 0.2) is 0 Å². The first kappa shape index (κ1) is 14.6. The monoisotopic (exact) mass is 246 g/mol. The van der Waals surface area contributed by atoms with Crippen LogP contribution in [0.2, 0.25) is 0 Å². The second kappa shape index (κ2) is 6.22. The van der Waals surface area contributed by atoms with Crippen LogP contribution in [0.4, 0.5) is 13.2 Å². The predicted molar refractivity (Wildman–Crippen MR) is 50.8 cm³/mol. The summed E-state index contributed by atoms with van der Waals surface area (Å²) in [6.45, 7) is 1.56. The van der Waals surface area contributed by atoms with Crippen LogP contribution < -0.4 is 0 Å². The summed E-state index contributed by atoms with van der Waals surface area (Å²) in [6.07, 6.45) is -4.71. The van der Waals surface area contributed by atoms with E-state index in [1.807, 2.05) is 0 Å². The van der Waals surface area contributed by atoms with Crippen molar-refractivity contribution in [1.82, 2.24) is 0 Å². The minimum Gasteiger partial charge on any atom is -0.481 e. The molecule has 3 nitrogen and oxygen atoms in total. The molecule has 0 rings (SSSR count).